The number of hydrogen-bond donors (Lipinski definition) is 0. The molecule has 0 bridgehead atoms. The molecule has 1 radical (unpaired) electrons. The molecule has 0 atom stereocenters. The van der Waals surface area contributed by atoms with Crippen molar-refractivity contribution in [3.8, 4) is 28.3 Å². The normalized spacial score (nSPS) is 11.1. The van der Waals surface area contributed by atoms with Crippen LogP contribution in [0.25, 0.3) is 83.0 Å². The third kappa shape index (κ3) is 5.37. The maximum absolute atomic E-state index is 6.62. The summed E-state index contributed by atoms with van der Waals surface area (Å²) in [4.78, 5) is 14.0. The fourth-order valence-electron chi connectivity index (χ4n) is 6.40. The molecule has 6 heteroatoms. The van der Waals surface area contributed by atoms with Gasteiger partial charge in [0.2, 0.25) is 0 Å². The number of aromatic nitrogens is 4. The van der Waals surface area contributed by atoms with Crippen LogP contribution in [0, 0.1) is 12.1 Å². The number of imidazole rings is 1. The summed E-state index contributed by atoms with van der Waals surface area (Å²) in [5.41, 5.74) is 7.17. The van der Waals surface area contributed by atoms with E-state index in [-0.39, 0.29) is 20.1 Å². The van der Waals surface area contributed by atoms with E-state index in [2.05, 4.69) is 88.4 Å². The van der Waals surface area contributed by atoms with Crippen molar-refractivity contribution in [1.29, 1.82) is 0 Å². The second-order valence-electron chi connectivity index (χ2n) is 11.5. The minimum atomic E-state index is 0. The summed E-state index contributed by atoms with van der Waals surface area (Å²) in [6.45, 7) is 0. The predicted octanol–water partition coefficient (Wildman–Crippen LogP) is 10.6. The first-order valence-corrected chi connectivity index (χ1v) is 15.8. The third-order valence-electron chi connectivity index (χ3n) is 8.61. The Bertz CT molecular complexity index is 2680. The van der Waals surface area contributed by atoms with Crippen molar-refractivity contribution in [2.45, 2.75) is 0 Å². The number of benzene rings is 6. The Hall–Kier alpha value is -5.94. The zero-order chi connectivity index (χ0) is 31.9. The summed E-state index contributed by atoms with van der Waals surface area (Å²) < 4.78 is 8.80. The van der Waals surface area contributed by atoms with Gasteiger partial charge < -0.3 is 14.0 Å². The van der Waals surface area contributed by atoms with Crippen molar-refractivity contribution in [3.63, 3.8) is 0 Å². The molecule has 10 rings (SSSR count). The molecular weight excluding hydrogens is 781 g/mol. The summed E-state index contributed by atoms with van der Waals surface area (Å²) in [6, 6.07) is 55.5. The van der Waals surface area contributed by atoms with Crippen LogP contribution in [-0.2, 0) is 20.1 Å². The molecule has 49 heavy (non-hydrogen) atoms. The van der Waals surface area contributed by atoms with Gasteiger partial charge in [-0.15, -0.1) is 54.1 Å². The number of furan rings is 1. The first kappa shape index (κ1) is 30.4. The smallest absolute Gasteiger partial charge is 0.169 e. The van der Waals surface area contributed by atoms with Crippen LogP contribution >= 0.6 is 0 Å². The van der Waals surface area contributed by atoms with Crippen LogP contribution in [0.5, 0.6) is 0 Å². The zero-order valence-corrected chi connectivity index (χ0v) is 28.4. The van der Waals surface area contributed by atoms with Crippen molar-refractivity contribution in [1.82, 2.24) is 19.5 Å². The van der Waals surface area contributed by atoms with Gasteiger partial charge >= 0.3 is 0 Å². The van der Waals surface area contributed by atoms with E-state index in [4.69, 9.17) is 14.4 Å². The van der Waals surface area contributed by atoms with Gasteiger partial charge in [0.05, 0.1) is 16.9 Å². The van der Waals surface area contributed by atoms with E-state index in [0.717, 1.165) is 77.3 Å². The molecule has 10 aromatic rings. The summed E-state index contributed by atoms with van der Waals surface area (Å²) in [5.74, 6) is 0.758. The quantitative estimate of drug-likeness (QED) is 0.167. The average Bonchev–Trinajstić information content (AvgIpc) is 3.76. The van der Waals surface area contributed by atoms with Crippen LogP contribution in [0.15, 0.2) is 162 Å². The van der Waals surface area contributed by atoms with Gasteiger partial charge in [0.1, 0.15) is 5.58 Å². The van der Waals surface area contributed by atoms with Crippen molar-refractivity contribution >= 4 is 54.6 Å². The SMILES string of the molecule is [Ir].[c-]1ccc2c(oc3c4ccccc4ccc23)c1-c1nc2ncc3ccccc3c2n1-c1ccccc1.[c-]1ccccc1-c1ccccn1. The summed E-state index contributed by atoms with van der Waals surface area (Å²) >= 11 is 0. The summed E-state index contributed by atoms with van der Waals surface area (Å²) in [7, 11) is 0. The molecule has 0 fully saturated rings. The molecule has 0 amide bonds. The predicted molar refractivity (Wildman–Crippen MR) is 194 cm³/mol. The molecule has 0 saturated carbocycles. The van der Waals surface area contributed by atoms with Crippen LogP contribution in [0.2, 0.25) is 0 Å². The maximum atomic E-state index is 6.62. The van der Waals surface area contributed by atoms with Crippen LogP contribution in [-0.4, -0.2) is 19.5 Å². The Kier molecular flexibility index (Phi) is 8.02. The molecule has 4 aromatic heterocycles. The van der Waals surface area contributed by atoms with Crippen molar-refractivity contribution < 1.29 is 24.5 Å². The molecule has 0 aliphatic heterocycles. The molecule has 6 aromatic carbocycles. The number of fused-ring (bicyclic) bond motifs is 8. The van der Waals surface area contributed by atoms with E-state index >= 15 is 0 Å². The van der Waals surface area contributed by atoms with E-state index in [1.807, 2.05) is 85.1 Å². The topological polar surface area (TPSA) is 56.7 Å². The fourth-order valence-corrected chi connectivity index (χ4v) is 6.40. The molecule has 0 aliphatic carbocycles. The van der Waals surface area contributed by atoms with E-state index in [1.54, 1.807) is 6.20 Å². The number of nitrogens with zero attached hydrogens (tertiary/aromatic N) is 4. The van der Waals surface area contributed by atoms with E-state index in [0.29, 0.717) is 5.65 Å². The minimum Gasteiger partial charge on any atom is -0.500 e. The minimum absolute atomic E-state index is 0. The molecule has 4 heterocycles. The number of pyridine rings is 2. The second kappa shape index (κ2) is 12.9. The van der Waals surface area contributed by atoms with Crippen LogP contribution in [0.1, 0.15) is 0 Å². The Morgan fingerprint density at radius 2 is 1.31 bits per heavy atom. The number of para-hydroxylation sites is 1. The Morgan fingerprint density at radius 3 is 2.12 bits per heavy atom. The van der Waals surface area contributed by atoms with Gasteiger partial charge in [0.15, 0.2) is 5.65 Å². The third-order valence-corrected chi connectivity index (χ3v) is 8.61. The maximum Gasteiger partial charge on any atom is 0.169 e. The monoisotopic (exact) mass is 807 g/mol. The van der Waals surface area contributed by atoms with Crippen molar-refractivity contribution in [3.05, 3.63) is 170 Å². The molecule has 0 N–H and O–H groups in total. The van der Waals surface area contributed by atoms with Gasteiger partial charge in [0, 0.05) is 59.7 Å². The van der Waals surface area contributed by atoms with Gasteiger partial charge in [-0.1, -0.05) is 102 Å². The van der Waals surface area contributed by atoms with Crippen molar-refractivity contribution in [2.24, 2.45) is 0 Å². The fraction of sp³-hybridized carbons (Fsp3) is 0. The molecule has 0 aliphatic rings. The van der Waals surface area contributed by atoms with Gasteiger partial charge in [-0.05, 0) is 29.3 Å². The molecule has 0 unspecified atom stereocenters. The van der Waals surface area contributed by atoms with Gasteiger partial charge in [-0.3, -0.25) is 4.98 Å². The molecule has 0 saturated heterocycles. The summed E-state index contributed by atoms with van der Waals surface area (Å²) in [5, 5.41) is 6.57. The standard InChI is InChI=1S/C32H18N3O.C11H8N.Ir/c1-2-11-22(12-3-1)35-28-23-13-6-5-10-21(23)19-33-31(28)34-32(35)27-16-8-15-25-26-18-17-20-9-4-7-14-24(20)29(26)36-30(25)27;1-2-6-10(7-3-1)11-8-4-5-9-12-11;/h1-15,17-19H;1-6,8-9H;/q2*-1;. The zero-order valence-electron chi connectivity index (χ0n) is 26.0. The number of hydrogen-bond acceptors (Lipinski definition) is 4. The van der Waals surface area contributed by atoms with Crippen LogP contribution < -0.4 is 0 Å². The first-order valence-electron chi connectivity index (χ1n) is 15.8. The van der Waals surface area contributed by atoms with E-state index < -0.39 is 0 Å². The van der Waals surface area contributed by atoms with Gasteiger partial charge in [-0.25, -0.2) is 4.98 Å². The molecular formula is C43H26IrN4O-2. The van der Waals surface area contributed by atoms with E-state index in [1.165, 1.54) is 0 Å². The molecule has 0 spiro atoms. The average molecular weight is 807 g/mol. The van der Waals surface area contributed by atoms with Gasteiger partial charge in [0.25, 0.3) is 0 Å². The van der Waals surface area contributed by atoms with Gasteiger partial charge in [-0.2, -0.15) is 0 Å². The Balaban J connectivity index is 0.000000228. The molecule has 5 nitrogen and oxygen atoms in total. The summed E-state index contributed by atoms with van der Waals surface area (Å²) in [6.07, 6.45) is 3.68. The van der Waals surface area contributed by atoms with E-state index in [9.17, 15) is 0 Å². The molecule has 235 valence electrons. The first-order chi connectivity index (χ1) is 23.8. The number of rotatable bonds is 3. The van der Waals surface area contributed by atoms with Crippen LogP contribution in [0.4, 0.5) is 0 Å². The van der Waals surface area contributed by atoms with Crippen molar-refractivity contribution in [2.75, 3.05) is 0 Å². The Labute approximate surface area is 295 Å². The Morgan fingerprint density at radius 1 is 0.551 bits per heavy atom. The second-order valence-corrected chi connectivity index (χ2v) is 11.5. The largest absolute Gasteiger partial charge is 0.500 e. The van der Waals surface area contributed by atoms with Crippen LogP contribution in [0.3, 0.4) is 0 Å².